The number of hydrogen-bond donors (Lipinski definition) is 2. The SMILES string of the molecule is CC(CN)C(=O)NCc1cnc(N(C)C)n1C. The highest BCUT2D eigenvalue weighted by molar-refractivity contribution is 5.78. The number of amides is 1. The fourth-order valence-corrected chi connectivity index (χ4v) is 1.47. The minimum Gasteiger partial charge on any atom is -0.350 e. The Bertz CT molecular complexity index is 385. The second kappa shape index (κ2) is 5.67. The molecule has 0 aliphatic heterocycles. The van der Waals surface area contributed by atoms with E-state index in [-0.39, 0.29) is 11.8 Å². The maximum absolute atomic E-state index is 11.6. The highest BCUT2D eigenvalue weighted by Crippen LogP contribution is 2.10. The Morgan fingerprint density at radius 2 is 2.29 bits per heavy atom. The van der Waals surface area contributed by atoms with Gasteiger partial charge in [-0.1, -0.05) is 6.92 Å². The second-order valence-corrected chi connectivity index (χ2v) is 4.36. The second-order valence-electron chi connectivity index (χ2n) is 4.36. The zero-order chi connectivity index (χ0) is 13.0. The largest absolute Gasteiger partial charge is 0.350 e. The predicted molar refractivity (Wildman–Crippen MR) is 67.6 cm³/mol. The van der Waals surface area contributed by atoms with Gasteiger partial charge >= 0.3 is 0 Å². The molecule has 1 unspecified atom stereocenters. The Morgan fingerprint density at radius 3 is 2.76 bits per heavy atom. The number of carbonyl (C=O) groups is 1. The van der Waals surface area contributed by atoms with Gasteiger partial charge in [-0.05, 0) is 0 Å². The summed E-state index contributed by atoms with van der Waals surface area (Å²) in [7, 11) is 5.79. The van der Waals surface area contributed by atoms with Gasteiger partial charge in [0, 0.05) is 33.6 Å². The smallest absolute Gasteiger partial charge is 0.224 e. The van der Waals surface area contributed by atoms with Crippen molar-refractivity contribution in [1.82, 2.24) is 14.9 Å². The van der Waals surface area contributed by atoms with Crippen molar-refractivity contribution in [3.05, 3.63) is 11.9 Å². The van der Waals surface area contributed by atoms with Gasteiger partial charge in [0.05, 0.1) is 18.4 Å². The molecule has 1 aromatic heterocycles. The molecule has 96 valence electrons. The maximum Gasteiger partial charge on any atom is 0.224 e. The zero-order valence-electron chi connectivity index (χ0n) is 10.9. The molecule has 6 nitrogen and oxygen atoms in total. The van der Waals surface area contributed by atoms with Crippen LogP contribution in [0.25, 0.3) is 0 Å². The lowest BCUT2D eigenvalue weighted by Crippen LogP contribution is -2.33. The average molecular weight is 239 g/mol. The molecule has 0 saturated heterocycles. The van der Waals surface area contributed by atoms with Crippen LogP contribution in [0.3, 0.4) is 0 Å². The van der Waals surface area contributed by atoms with Crippen LogP contribution in [0.15, 0.2) is 6.20 Å². The number of rotatable bonds is 5. The van der Waals surface area contributed by atoms with Crippen molar-refractivity contribution < 1.29 is 4.79 Å². The van der Waals surface area contributed by atoms with E-state index in [1.807, 2.05) is 37.5 Å². The first kappa shape index (κ1) is 13.5. The van der Waals surface area contributed by atoms with Crippen molar-refractivity contribution >= 4 is 11.9 Å². The lowest BCUT2D eigenvalue weighted by Gasteiger charge is -2.13. The van der Waals surface area contributed by atoms with Gasteiger partial charge in [-0.15, -0.1) is 0 Å². The summed E-state index contributed by atoms with van der Waals surface area (Å²) in [6.07, 6.45) is 1.77. The van der Waals surface area contributed by atoms with Crippen molar-refractivity contribution in [2.75, 3.05) is 25.5 Å². The monoisotopic (exact) mass is 239 g/mol. The fraction of sp³-hybridized carbons (Fsp3) is 0.636. The fourth-order valence-electron chi connectivity index (χ4n) is 1.47. The van der Waals surface area contributed by atoms with Crippen LogP contribution in [0.1, 0.15) is 12.6 Å². The Balaban J connectivity index is 2.61. The molecular weight excluding hydrogens is 218 g/mol. The summed E-state index contributed by atoms with van der Waals surface area (Å²) in [5.41, 5.74) is 6.39. The number of aromatic nitrogens is 2. The minimum atomic E-state index is -0.156. The van der Waals surface area contributed by atoms with E-state index in [1.165, 1.54) is 0 Å². The van der Waals surface area contributed by atoms with Gasteiger partial charge in [-0.3, -0.25) is 4.79 Å². The van der Waals surface area contributed by atoms with E-state index >= 15 is 0 Å². The highest BCUT2D eigenvalue weighted by atomic mass is 16.1. The predicted octanol–water partition coefficient (Wildman–Crippen LogP) is -0.303. The minimum absolute atomic E-state index is 0.0277. The van der Waals surface area contributed by atoms with Crippen LogP contribution in [0, 0.1) is 5.92 Å². The molecular formula is C11H21N5O. The molecule has 0 aromatic carbocycles. The van der Waals surface area contributed by atoms with E-state index in [0.717, 1.165) is 11.6 Å². The molecule has 1 aromatic rings. The molecule has 1 atom stereocenters. The summed E-state index contributed by atoms with van der Waals surface area (Å²) in [6, 6.07) is 0. The first-order valence-corrected chi connectivity index (χ1v) is 5.63. The first-order valence-electron chi connectivity index (χ1n) is 5.63. The van der Waals surface area contributed by atoms with E-state index in [0.29, 0.717) is 13.1 Å². The standard InChI is InChI=1S/C11H21N5O/c1-8(5-12)10(17)13-6-9-7-14-11(15(2)3)16(9)4/h7-8H,5-6,12H2,1-4H3,(H,13,17). The third kappa shape index (κ3) is 3.20. The van der Waals surface area contributed by atoms with E-state index in [9.17, 15) is 4.79 Å². The van der Waals surface area contributed by atoms with Crippen LogP contribution in [0.5, 0.6) is 0 Å². The molecule has 0 saturated carbocycles. The lowest BCUT2D eigenvalue weighted by atomic mass is 10.2. The molecule has 0 fully saturated rings. The molecule has 1 amide bonds. The molecule has 1 heterocycles. The summed E-state index contributed by atoms with van der Waals surface area (Å²) >= 11 is 0. The van der Waals surface area contributed by atoms with Crippen molar-refractivity contribution in [3.8, 4) is 0 Å². The Hall–Kier alpha value is -1.56. The van der Waals surface area contributed by atoms with Crippen LogP contribution in [0.2, 0.25) is 0 Å². The van der Waals surface area contributed by atoms with E-state index < -0.39 is 0 Å². The number of hydrogen-bond acceptors (Lipinski definition) is 4. The van der Waals surface area contributed by atoms with Crippen molar-refractivity contribution in [3.63, 3.8) is 0 Å². The number of nitrogens with zero attached hydrogens (tertiary/aromatic N) is 3. The topological polar surface area (TPSA) is 76.2 Å². The van der Waals surface area contributed by atoms with Gasteiger partial charge in [-0.2, -0.15) is 0 Å². The van der Waals surface area contributed by atoms with Crippen molar-refractivity contribution in [2.24, 2.45) is 18.7 Å². The van der Waals surface area contributed by atoms with E-state index in [2.05, 4.69) is 10.3 Å². The number of anilines is 1. The Morgan fingerprint density at radius 1 is 1.65 bits per heavy atom. The quantitative estimate of drug-likeness (QED) is 0.739. The summed E-state index contributed by atoms with van der Waals surface area (Å²) in [5, 5.41) is 2.84. The zero-order valence-corrected chi connectivity index (χ0v) is 10.9. The molecule has 1 rings (SSSR count). The summed E-state index contributed by atoms with van der Waals surface area (Å²) in [4.78, 5) is 17.8. The van der Waals surface area contributed by atoms with Gasteiger partial charge in [0.25, 0.3) is 0 Å². The molecule has 0 aliphatic rings. The summed E-state index contributed by atoms with van der Waals surface area (Å²) < 4.78 is 1.95. The lowest BCUT2D eigenvalue weighted by molar-refractivity contribution is -0.124. The van der Waals surface area contributed by atoms with Crippen LogP contribution >= 0.6 is 0 Å². The third-order valence-electron chi connectivity index (χ3n) is 2.70. The average Bonchev–Trinajstić information content (AvgIpc) is 2.66. The van der Waals surface area contributed by atoms with E-state index in [1.54, 1.807) is 6.20 Å². The third-order valence-corrected chi connectivity index (χ3v) is 2.70. The number of nitrogens with one attached hydrogen (secondary N) is 1. The van der Waals surface area contributed by atoms with Crippen molar-refractivity contribution in [1.29, 1.82) is 0 Å². The number of imidazole rings is 1. The van der Waals surface area contributed by atoms with Crippen LogP contribution in [0.4, 0.5) is 5.95 Å². The number of carbonyl (C=O) groups excluding carboxylic acids is 1. The Labute approximate surface area is 102 Å². The van der Waals surface area contributed by atoms with Crippen LogP contribution in [-0.2, 0) is 18.4 Å². The normalized spacial score (nSPS) is 12.3. The molecule has 3 N–H and O–H groups in total. The first-order chi connectivity index (χ1) is 7.97. The van der Waals surface area contributed by atoms with Crippen LogP contribution in [-0.4, -0.2) is 36.1 Å². The molecule has 17 heavy (non-hydrogen) atoms. The molecule has 0 radical (unpaired) electrons. The van der Waals surface area contributed by atoms with Gasteiger partial charge in [-0.25, -0.2) is 4.98 Å². The Kier molecular flexibility index (Phi) is 4.51. The maximum atomic E-state index is 11.6. The summed E-state index contributed by atoms with van der Waals surface area (Å²) in [5.74, 6) is 0.678. The van der Waals surface area contributed by atoms with Gasteiger partial charge in [0.1, 0.15) is 0 Å². The van der Waals surface area contributed by atoms with Gasteiger partial charge < -0.3 is 20.5 Å². The van der Waals surface area contributed by atoms with Crippen LogP contribution < -0.4 is 16.0 Å². The highest BCUT2D eigenvalue weighted by Gasteiger charge is 2.12. The van der Waals surface area contributed by atoms with Gasteiger partial charge in [0.15, 0.2) is 0 Å². The van der Waals surface area contributed by atoms with Crippen molar-refractivity contribution in [2.45, 2.75) is 13.5 Å². The molecule has 6 heteroatoms. The molecule has 0 spiro atoms. The molecule has 0 aliphatic carbocycles. The van der Waals surface area contributed by atoms with Gasteiger partial charge in [0.2, 0.25) is 11.9 Å². The summed E-state index contributed by atoms with van der Waals surface area (Å²) in [6.45, 7) is 2.64. The number of nitrogens with two attached hydrogens (primary N) is 1. The van der Waals surface area contributed by atoms with E-state index in [4.69, 9.17) is 5.73 Å². The molecule has 0 bridgehead atoms.